The Morgan fingerprint density at radius 1 is 1.44 bits per heavy atom. The highest BCUT2D eigenvalue weighted by Crippen LogP contribution is 2.24. The van der Waals surface area contributed by atoms with E-state index in [1.807, 2.05) is 0 Å². The lowest BCUT2D eigenvalue weighted by Gasteiger charge is -2.37. The average Bonchev–Trinajstić information content (AvgIpc) is 2.25. The fourth-order valence-electron chi connectivity index (χ4n) is 1.88. The Morgan fingerprint density at radius 2 is 2.11 bits per heavy atom. The van der Waals surface area contributed by atoms with E-state index in [2.05, 4.69) is 5.32 Å². The molecule has 0 saturated heterocycles. The van der Waals surface area contributed by atoms with Crippen molar-refractivity contribution in [2.45, 2.75) is 38.6 Å². The van der Waals surface area contributed by atoms with Crippen LogP contribution in [0.4, 0.5) is 4.79 Å². The van der Waals surface area contributed by atoms with Gasteiger partial charge in [0, 0.05) is 19.1 Å². The van der Waals surface area contributed by atoms with Crippen LogP contribution in [0.15, 0.2) is 0 Å². The number of aliphatic hydroxyl groups excluding tert-OH is 1. The number of aliphatic hydroxyl groups is 1. The zero-order chi connectivity index (χ0) is 13.5. The first-order chi connectivity index (χ1) is 8.56. The molecule has 18 heavy (non-hydrogen) atoms. The number of nitrogens with one attached hydrogen (secondary N) is 1. The molecule has 0 bridgehead atoms. The molecule has 6 nitrogen and oxygen atoms in total. The molecule has 1 fully saturated rings. The molecule has 0 aliphatic heterocycles. The van der Waals surface area contributed by atoms with Gasteiger partial charge in [-0.15, -0.1) is 0 Å². The molecule has 0 spiro atoms. The number of urea groups is 1. The Balaban J connectivity index is 2.30. The van der Waals surface area contributed by atoms with E-state index in [-0.39, 0.29) is 18.7 Å². The third-order valence-electron chi connectivity index (χ3n) is 3.39. The molecule has 1 unspecified atom stereocenters. The zero-order valence-electron chi connectivity index (χ0n) is 10.8. The molecule has 0 aromatic rings. The smallest absolute Gasteiger partial charge is 0.317 e. The first-order valence-electron chi connectivity index (χ1n) is 6.44. The first kappa shape index (κ1) is 14.8. The van der Waals surface area contributed by atoms with Crippen LogP contribution in [-0.2, 0) is 4.79 Å². The summed E-state index contributed by atoms with van der Waals surface area (Å²) in [6, 6.07) is 0.0281. The number of carboxylic acids is 1. The lowest BCUT2D eigenvalue weighted by atomic mass is 9.92. The molecule has 104 valence electrons. The van der Waals surface area contributed by atoms with Crippen molar-refractivity contribution < 1.29 is 19.8 Å². The minimum Gasteiger partial charge on any atom is -0.481 e. The van der Waals surface area contributed by atoms with Crippen molar-refractivity contribution >= 4 is 12.0 Å². The molecule has 0 heterocycles. The third kappa shape index (κ3) is 4.18. The van der Waals surface area contributed by atoms with Gasteiger partial charge in [-0.05, 0) is 25.7 Å². The van der Waals surface area contributed by atoms with Gasteiger partial charge in [-0.25, -0.2) is 4.79 Å². The lowest BCUT2D eigenvalue weighted by Crippen LogP contribution is -2.50. The SMILES string of the molecule is CC(CCNC(=O)N(CCO)C1CCC1)C(=O)O. The van der Waals surface area contributed by atoms with Crippen LogP contribution < -0.4 is 5.32 Å². The molecule has 1 rings (SSSR count). The van der Waals surface area contributed by atoms with Crippen molar-refractivity contribution in [1.82, 2.24) is 10.2 Å². The molecule has 0 radical (unpaired) electrons. The van der Waals surface area contributed by atoms with Crippen LogP contribution in [-0.4, -0.2) is 52.9 Å². The van der Waals surface area contributed by atoms with Gasteiger partial charge >= 0.3 is 12.0 Å². The standard InChI is InChI=1S/C12H22N2O4/c1-9(11(16)17)5-6-13-12(18)14(7-8-15)10-3-2-4-10/h9-10,15H,2-8H2,1H3,(H,13,18)(H,16,17). The Kier molecular flexibility index (Phi) is 5.91. The highest BCUT2D eigenvalue weighted by Gasteiger charge is 2.28. The van der Waals surface area contributed by atoms with Crippen LogP contribution >= 0.6 is 0 Å². The topological polar surface area (TPSA) is 89.9 Å². The minimum atomic E-state index is -0.851. The molecule has 1 atom stereocenters. The second-order valence-corrected chi connectivity index (χ2v) is 4.76. The maximum Gasteiger partial charge on any atom is 0.317 e. The largest absolute Gasteiger partial charge is 0.481 e. The minimum absolute atomic E-state index is 0.0462. The summed E-state index contributed by atoms with van der Waals surface area (Å²) in [6.07, 6.45) is 3.51. The van der Waals surface area contributed by atoms with E-state index in [9.17, 15) is 9.59 Å². The van der Waals surface area contributed by atoms with Crippen LogP contribution in [0.5, 0.6) is 0 Å². The van der Waals surface area contributed by atoms with Crippen LogP contribution in [0.1, 0.15) is 32.6 Å². The summed E-state index contributed by atoms with van der Waals surface area (Å²) in [4.78, 5) is 24.1. The van der Waals surface area contributed by atoms with E-state index in [4.69, 9.17) is 10.2 Å². The predicted molar refractivity (Wildman–Crippen MR) is 66.2 cm³/mol. The summed E-state index contributed by atoms with van der Waals surface area (Å²) in [6.45, 7) is 2.26. The summed E-state index contributed by atoms with van der Waals surface area (Å²) >= 11 is 0. The van der Waals surface area contributed by atoms with Gasteiger partial charge in [0.2, 0.25) is 0 Å². The van der Waals surface area contributed by atoms with Gasteiger partial charge in [0.1, 0.15) is 0 Å². The van der Waals surface area contributed by atoms with Crippen molar-refractivity contribution in [1.29, 1.82) is 0 Å². The average molecular weight is 258 g/mol. The number of carboxylic acid groups (broad SMARTS) is 1. The summed E-state index contributed by atoms with van der Waals surface area (Å²) < 4.78 is 0. The molecule has 2 amide bonds. The summed E-state index contributed by atoms with van der Waals surface area (Å²) in [7, 11) is 0. The van der Waals surface area contributed by atoms with Crippen LogP contribution in [0.2, 0.25) is 0 Å². The molecular formula is C12H22N2O4. The summed E-state index contributed by atoms with van der Waals surface area (Å²) in [5.41, 5.74) is 0. The number of hydrogen-bond donors (Lipinski definition) is 3. The number of rotatable bonds is 7. The highest BCUT2D eigenvalue weighted by atomic mass is 16.4. The maximum absolute atomic E-state index is 11.9. The van der Waals surface area contributed by atoms with Crippen molar-refractivity contribution in [2.24, 2.45) is 5.92 Å². The second kappa shape index (κ2) is 7.20. The van der Waals surface area contributed by atoms with E-state index in [0.29, 0.717) is 19.5 Å². The van der Waals surface area contributed by atoms with E-state index in [1.165, 1.54) is 0 Å². The van der Waals surface area contributed by atoms with Crippen LogP contribution in [0, 0.1) is 5.92 Å². The van der Waals surface area contributed by atoms with E-state index in [1.54, 1.807) is 11.8 Å². The van der Waals surface area contributed by atoms with Crippen molar-refractivity contribution in [3.05, 3.63) is 0 Å². The summed E-state index contributed by atoms with van der Waals surface area (Å²) in [5.74, 6) is -1.31. The van der Waals surface area contributed by atoms with Crippen molar-refractivity contribution in [3.8, 4) is 0 Å². The number of carbonyl (C=O) groups excluding carboxylic acids is 1. The Hall–Kier alpha value is -1.30. The summed E-state index contributed by atoms with van der Waals surface area (Å²) in [5, 5.41) is 20.4. The Morgan fingerprint density at radius 3 is 2.56 bits per heavy atom. The fourth-order valence-corrected chi connectivity index (χ4v) is 1.88. The van der Waals surface area contributed by atoms with Crippen LogP contribution in [0.3, 0.4) is 0 Å². The fraction of sp³-hybridized carbons (Fsp3) is 0.833. The molecule has 1 saturated carbocycles. The van der Waals surface area contributed by atoms with Gasteiger partial charge in [0.25, 0.3) is 0 Å². The molecule has 0 aromatic carbocycles. The zero-order valence-corrected chi connectivity index (χ0v) is 10.8. The lowest BCUT2D eigenvalue weighted by molar-refractivity contribution is -0.141. The van der Waals surface area contributed by atoms with Gasteiger partial charge in [0.05, 0.1) is 12.5 Å². The Bertz CT molecular complexity index is 292. The van der Waals surface area contributed by atoms with Gasteiger partial charge < -0.3 is 20.4 Å². The second-order valence-electron chi connectivity index (χ2n) is 4.76. The molecule has 0 aromatic heterocycles. The molecule has 6 heteroatoms. The molecule has 1 aliphatic rings. The predicted octanol–water partition coefficient (Wildman–Crippen LogP) is 0.654. The van der Waals surface area contributed by atoms with Crippen molar-refractivity contribution in [3.63, 3.8) is 0 Å². The van der Waals surface area contributed by atoms with E-state index < -0.39 is 11.9 Å². The van der Waals surface area contributed by atoms with Gasteiger partial charge in [-0.1, -0.05) is 6.92 Å². The van der Waals surface area contributed by atoms with Gasteiger partial charge in [0.15, 0.2) is 0 Å². The number of aliphatic carboxylic acids is 1. The molecular weight excluding hydrogens is 236 g/mol. The maximum atomic E-state index is 11.9. The monoisotopic (exact) mass is 258 g/mol. The van der Waals surface area contributed by atoms with E-state index in [0.717, 1.165) is 19.3 Å². The number of hydrogen-bond acceptors (Lipinski definition) is 3. The highest BCUT2D eigenvalue weighted by molar-refractivity contribution is 5.75. The normalized spacial score (nSPS) is 16.8. The Labute approximate surface area is 107 Å². The molecule has 3 N–H and O–H groups in total. The number of nitrogens with zero attached hydrogens (tertiary/aromatic N) is 1. The number of carbonyl (C=O) groups is 2. The van der Waals surface area contributed by atoms with Gasteiger partial charge in [-0.2, -0.15) is 0 Å². The van der Waals surface area contributed by atoms with Crippen LogP contribution in [0.25, 0.3) is 0 Å². The van der Waals surface area contributed by atoms with Gasteiger partial charge in [-0.3, -0.25) is 4.79 Å². The third-order valence-corrected chi connectivity index (χ3v) is 3.39. The number of amides is 2. The molecule has 1 aliphatic carbocycles. The quantitative estimate of drug-likeness (QED) is 0.625. The van der Waals surface area contributed by atoms with Crippen molar-refractivity contribution in [2.75, 3.05) is 19.7 Å². The van der Waals surface area contributed by atoms with E-state index >= 15 is 0 Å². The first-order valence-corrected chi connectivity index (χ1v) is 6.44.